The molecule has 2 N–H and O–H groups in total. The number of hydrogen-bond donors (Lipinski definition) is 2. The second-order valence-corrected chi connectivity index (χ2v) is 7.53. The number of guanidine groups is 1. The zero-order valence-electron chi connectivity index (χ0n) is 18.8. The van der Waals surface area contributed by atoms with Gasteiger partial charge in [-0.2, -0.15) is 0 Å². The summed E-state index contributed by atoms with van der Waals surface area (Å²) in [5.41, 5.74) is 2.09. The van der Waals surface area contributed by atoms with E-state index in [2.05, 4.69) is 65.3 Å². The second-order valence-electron chi connectivity index (χ2n) is 7.53. The number of aliphatic imine (C=N–C) groups is 1. The lowest BCUT2D eigenvalue weighted by Crippen LogP contribution is -2.45. The Hall–Kier alpha value is -1.87. The van der Waals surface area contributed by atoms with Crippen molar-refractivity contribution in [1.29, 1.82) is 0 Å². The predicted molar refractivity (Wildman–Crippen MR) is 136 cm³/mol. The molecule has 0 radical (unpaired) electrons. The van der Waals surface area contributed by atoms with E-state index in [0.717, 1.165) is 30.5 Å². The first kappa shape index (κ1) is 26.2. The Labute approximate surface area is 198 Å². The van der Waals surface area contributed by atoms with Crippen LogP contribution in [0.1, 0.15) is 39.0 Å². The maximum Gasteiger partial charge on any atom is 0.191 e. The summed E-state index contributed by atoms with van der Waals surface area (Å²) in [6.07, 6.45) is 1.78. The fourth-order valence-electron chi connectivity index (χ4n) is 3.17. The van der Waals surface area contributed by atoms with Crippen molar-refractivity contribution in [1.82, 2.24) is 20.5 Å². The van der Waals surface area contributed by atoms with Crippen molar-refractivity contribution in [2.45, 2.75) is 52.9 Å². The molecule has 0 fully saturated rings. The molecule has 30 heavy (non-hydrogen) atoms. The van der Waals surface area contributed by atoms with Crippen LogP contribution >= 0.6 is 24.0 Å². The van der Waals surface area contributed by atoms with E-state index in [1.807, 2.05) is 30.3 Å². The highest BCUT2D eigenvalue weighted by molar-refractivity contribution is 14.0. The largest absolute Gasteiger partial charge is 0.487 e. The van der Waals surface area contributed by atoms with E-state index in [1.54, 1.807) is 13.2 Å². The molecule has 0 aliphatic carbocycles. The van der Waals surface area contributed by atoms with Crippen molar-refractivity contribution < 1.29 is 4.74 Å². The van der Waals surface area contributed by atoms with Crippen LogP contribution < -0.4 is 15.4 Å². The second kappa shape index (κ2) is 14.2. The van der Waals surface area contributed by atoms with Gasteiger partial charge in [-0.3, -0.25) is 14.9 Å². The Morgan fingerprint density at radius 2 is 1.73 bits per heavy atom. The van der Waals surface area contributed by atoms with E-state index in [1.165, 1.54) is 5.56 Å². The number of aromatic nitrogens is 1. The number of hydrogen-bond acceptors (Lipinski definition) is 4. The van der Waals surface area contributed by atoms with Crippen molar-refractivity contribution >= 4 is 29.9 Å². The van der Waals surface area contributed by atoms with E-state index in [0.29, 0.717) is 25.2 Å². The van der Waals surface area contributed by atoms with Gasteiger partial charge < -0.3 is 15.4 Å². The van der Waals surface area contributed by atoms with Crippen LogP contribution in [-0.2, 0) is 13.2 Å². The number of ether oxygens (including phenoxy) is 1. The molecular formula is C23H36IN5O. The summed E-state index contributed by atoms with van der Waals surface area (Å²) in [6.45, 7) is 12.0. The lowest BCUT2D eigenvalue weighted by atomic mass is 10.2. The first-order valence-electron chi connectivity index (χ1n) is 10.3. The van der Waals surface area contributed by atoms with Gasteiger partial charge >= 0.3 is 0 Å². The normalized spacial score (nSPS) is 11.5. The summed E-state index contributed by atoms with van der Waals surface area (Å²) in [5.74, 6) is 1.65. The highest BCUT2D eigenvalue weighted by Gasteiger charge is 2.12. The SMILES string of the molecule is CN=C(NCCN(C(C)C)C(C)C)NCc1ccc(OCc2ccccn2)cc1.I. The molecule has 0 aliphatic rings. The van der Waals surface area contributed by atoms with Crippen LogP contribution in [0.3, 0.4) is 0 Å². The van der Waals surface area contributed by atoms with Gasteiger partial charge in [-0.05, 0) is 57.5 Å². The Balaban J connectivity index is 0.00000450. The van der Waals surface area contributed by atoms with Crippen molar-refractivity contribution in [2.24, 2.45) is 4.99 Å². The number of halogens is 1. The van der Waals surface area contributed by atoms with Gasteiger partial charge in [-0.25, -0.2) is 0 Å². The third kappa shape index (κ3) is 9.30. The van der Waals surface area contributed by atoms with Crippen molar-refractivity contribution in [3.8, 4) is 5.75 Å². The standard InChI is InChI=1S/C23H35N5O.HI/c1-18(2)28(19(3)4)15-14-26-23(24-5)27-16-20-9-11-22(12-10-20)29-17-21-8-6-7-13-25-21;/h6-13,18-19H,14-17H2,1-5H3,(H2,24,26,27);1H. The molecule has 7 heteroatoms. The molecule has 2 aromatic rings. The Kier molecular flexibility index (Phi) is 12.4. The van der Waals surface area contributed by atoms with Gasteiger partial charge in [0, 0.05) is 45.0 Å². The zero-order valence-corrected chi connectivity index (χ0v) is 21.1. The minimum absolute atomic E-state index is 0. The molecule has 0 aliphatic heterocycles. The molecule has 0 spiro atoms. The molecule has 0 saturated carbocycles. The summed E-state index contributed by atoms with van der Waals surface area (Å²) in [6, 6.07) is 15.0. The molecular weight excluding hydrogens is 489 g/mol. The monoisotopic (exact) mass is 525 g/mol. The summed E-state index contributed by atoms with van der Waals surface area (Å²) >= 11 is 0. The lowest BCUT2D eigenvalue weighted by molar-refractivity contribution is 0.178. The highest BCUT2D eigenvalue weighted by atomic mass is 127. The number of nitrogens with zero attached hydrogens (tertiary/aromatic N) is 3. The van der Waals surface area contributed by atoms with E-state index in [-0.39, 0.29) is 24.0 Å². The van der Waals surface area contributed by atoms with E-state index in [4.69, 9.17) is 4.74 Å². The van der Waals surface area contributed by atoms with Gasteiger partial charge in [0.15, 0.2) is 5.96 Å². The van der Waals surface area contributed by atoms with Gasteiger partial charge in [0.25, 0.3) is 0 Å². The number of nitrogens with one attached hydrogen (secondary N) is 2. The van der Waals surface area contributed by atoms with Crippen molar-refractivity contribution in [2.75, 3.05) is 20.1 Å². The van der Waals surface area contributed by atoms with Gasteiger partial charge in [0.1, 0.15) is 12.4 Å². The summed E-state index contributed by atoms with van der Waals surface area (Å²) in [5, 5.41) is 6.76. The molecule has 0 saturated heterocycles. The number of benzene rings is 1. The molecule has 0 bridgehead atoms. The van der Waals surface area contributed by atoms with Gasteiger partial charge in [-0.15, -0.1) is 24.0 Å². The average Bonchev–Trinajstić information content (AvgIpc) is 2.72. The minimum Gasteiger partial charge on any atom is -0.487 e. The van der Waals surface area contributed by atoms with Gasteiger partial charge in [0.05, 0.1) is 5.69 Å². The van der Waals surface area contributed by atoms with E-state index < -0.39 is 0 Å². The van der Waals surface area contributed by atoms with Crippen LogP contribution in [0.25, 0.3) is 0 Å². The first-order valence-corrected chi connectivity index (χ1v) is 10.3. The third-order valence-corrected chi connectivity index (χ3v) is 4.71. The minimum atomic E-state index is 0. The predicted octanol–water partition coefficient (Wildman–Crippen LogP) is 4.06. The molecule has 166 valence electrons. The van der Waals surface area contributed by atoms with Crippen LogP contribution in [0.2, 0.25) is 0 Å². The first-order chi connectivity index (χ1) is 14.0. The van der Waals surface area contributed by atoms with Crippen molar-refractivity contribution in [3.05, 3.63) is 59.9 Å². The van der Waals surface area contributed by atoms with E-state index >= 15 is 0 Å². The molecule has 6 nitrogen and oxygen atoms in total. The Morgan fingerprint density at radius 3 is 2.30 bits per heavy atom. The quantitative estimate of drug-likeness (QED) is 0.278. The molecule has 2 rings (SSSR count). The topological polar surface area (TPSA) is 61.8 Å². The Bertz CT molecular complexity index is 727. The third-order valence-electron chi connectivity index (χ3n) is 4.71. The molecule has 0 amide bonds. The average molecular weight is 525 g/mol. The van der Waals surface area contributed by atoms with Gasteiger partial charge in [0.2, 0.25) is 0 Å². The van der Waals surface area contributed by atoms with Crippen LogP contribution in [0.5, 0.6) is 5.75 Å². The molecule has 0 atom stereocenters. The number of rotatable bonds is 10. The van der Waals surface area contributed by atoms with Crippen LogP contribution in [-0.4, -0.2) is 48.1 Å². The van der Waals surface area contributed by atoms with Crippen LogP contribution in [0, 0.1) is 0 Å². The fraction of sp³-hybridized carbons (Fsp3) is 0.478. The zero-order chi connectivity index (χ0) is 21.1. The Morgan fingerprint density at radius 1 is 1.03 bits per heavy atom. The summed E-state index contributed by atoms with van der Waals surface area (Å²) in [7, 11) is 1.80. The maximum atomic E-state index is 5.78. The highest BCUT2D eigenvalue weighted by Crippen LogP contribution is 2.13. The number of pyridine rings is 1. The van der Waals surface area contributed by atoms with Gasteiger partial charge in [-0.1, -0.05) is 18.2 Å². The fourth-order valence-corrected chi connectivity index (χ4v) is 3.17. The molecule has 1 aromatic carbocycles. The van der Waals surface area contributed by atoms with Crippen LogP contribution in [0.4, 0.5) is 0 Å². The lowest BCUT2D eigenvalue weighted by Gasteiger charge is -2.30. The van der Waals surface area contributed by atoms with Crippen LogP contribution in [0.15, 0.2) is 53.7 Å². The summed E-state index contributed by atoms with van der Waals surface area (Å²) in [4.78, 5) is 11.0. The molecule has 0 unspecified atom stereocenters. The summed E-state index contributed by atoms with van der Waals surface area (Å²) < 4.78 is 5.78. The van der Waals surface area contributed by atoms with E-state index in [9.17, 15) is 0 Å². The smallest absolute Gasteiger partial charge is 0.191 e. The molecule has 1 heterocycles. The van der Waals surface area contributed by atoms with Crippen molar-refractivity contribution in [3.63, 3.8) is 0 Å². The maximum absolute atomic E-state index is 5.78. The molecule has 1 aromatic heterocycles.